The largest absolute Gasteiger partial charge is 0.494 e. The Hall–Kier alpha value is -1.88. The molecule has 1 aliphatic heterocycles. The molecule has 1 saturated heterocycles. The average molecular weight is 488 g/mol. The van der Waals surface area contributed by atoms with E-state index < -0.39 is 40.2 Å². The maximum Gasteiger partial charge on any atom is 0.494 e. The molecular formula is C21H25BClF2NO5S. The van der Waals surface area contributed by atoms with E-state index >= 15 is 0 Å². The van der Waals surface area contributed by atoms with Crippen molar-refractivity contribution >= 4 is 39.9 Å². The first kappa shape index (κ1) is 24.8. The molecule has 0 amide bonds. The van der Waals surface area contributed by atoms with Crippen LogP contribution in [-0.4, -0.2) is 32.5 Å². The molecule has 2 aromatic rings. The maximum atomic E-state index is 12.9. The van der Waals surface area contributed by atoms with Gasteiger partial charge in [-0.1, -0.05) is 29.8 Å². The average Bonchev–Trinajstić information content (AvgIpc) is 2.90. The Labute approximate surface area is 192 Å². The molecule has 0 aliphatic carbocycles. The van der Waals surface area contributed by atoms with Crippen molar-refractivity contribution in [2.45, 2.75) is 57.7 Å². The number of hydrogen-bond donors (Lipinski definition) is 1. The molecule has 1 heterocycles. The highest BCUT2D eigenvalue weighted by Crippen LogP contribution is 2.37. The van der Waals surface area contributed by atoms with Crippen LogP contribution in [0.15, 0.2) is 42.5 Å². The van der Waals surface area contributed by atoms with Gasteiger partial charge < -0.3 is 14.0 Å². The molecule has 0 saturated carbocycles. The van der Waals surface area contributed by atoms with Gasteiger partial charge in [-0.25, -0.2) is 8.42 Å². The Balaban J connectivity index is 1.96. The van der Waals surface area contributed by atoms with Gasteiger partial charge in [0, 0.05) is 5.02 Å². The molecule has 1 N–H and O–H groups in total. The zero-order chi connectivity index (χ0) is 23.9. The molecule has 1 atom stereocenters. The van der Waals surface area contributed by atoms with Gasteiger partial charge in [-0.05, 0) is 69.9 Å². The zero-order valence-corrected chi connectivity index (χ0v) is 19.9. The Morgan fingerprint density at radius 2 is 1.59 bits per heavy atom. The van der Waals surface area contributed by atoms with Crippen LogP contribution in [0.2, 0.25) is 5.02 Å². The van der Waals surface area contributed by atoms with Crippen molar-refractivity contribution in [3.8, 4) is 5.75 Å². The summed E-state index contributed by atoms with van der Waals surface area (Å²) in [6.07, 6.45) is -0.532. The molecule has 2 aromatic carbocycles. The van der Waals surface area contributed by atoms with Crippen molar-refractivity contribution in [3.63, 3.8) is 0 Å². The van der Waals surface area contributed by atoms with Gasteiger partial charge in [-0.3, -0.25) is 4.72 Å². The van der Waals surface area contributed by atoms with Crippen LogP contribution >= 0.6 is 11.6 Å². The summed E-state index contributed by atoms with van der Waals surface area (Å²) >= 11 is 5.93. The van der Waals surface area contributed by atoms with E-state index in [1.54, 1.807) is 37.3 Å². The lowest BCUT2D eigenvalue weighted by atomic mass is 9.79. The predicted molar refractivity (Wildman–Crippen MR) is 121 cm³/mol. The molecule has 6 nitrogen and oxygen atoms in total. The number of halogens is 3. The summed E-state index contributed by atoms with van der Waals surface area (Å²) in [6, 6.07) is 11.3. The van der Waals surface area contributed by atoms with Gasteiger partial charge >= 0.3 is 12.9 Å². The Morgan fingerprint density at radius 1 is 1.03 bits per heavy atom. The molecule has 32 heavy (non-hydrogen) atoms. The second-order valence-electron chi connectivity index (χ2n) is 8.56. The fourth-order valence-electron chi connectivity index (χ4n) is 3.04. The van der Waals surface area contributed by atoms with Crippen molar-refractivity contribution < 1.29 is 31.2 Å². The lowest BCUT2D eigenvalue weighted by molar-refractivity contribution is 0.00578. The number of anilines is 1. The second-order valence-corrected chi connectivity index (χ2v) is 10.7. The Bertz CT molecular complexity index is 1060. The first-order chi connectivity index (χ1) is 14.7. The van der Waals surface area contributed by atoms with Crippen LogP contribution in [0.5, 0.6) is 5.75 Å². The molecule has 3 rings (SSSR count). The van der Waals surface area contributed by atoms with E-state index in [1.165, 1.54) is 12.1 Å². The zero-order valence-electron chi connectivity index (χ0n) is 18.4. The maximum absolute atomic E-state index is 12.9. The van der Waals surface area contributed by atoms with Crippen LogP contribution in [0.4, 0.5) is 14.5 Å². The first-order valence-corrected chi connectivity index (χ1v) is 11.9. The number of benzene rings is 2. The molecular weight excluding hydrogens is 463 g/mol. The third kappa shape index (κ3) is 5.19. The van der Waals surface area contributed by atoms with E-state index in [9.17, 15) is 17.2 Å². The van der Waals surface area contributed by atoms with E-state index in [4.69, 9.17) is 25.6 Å². The molecule has 1 fully saturated rings. The summed E-state index contributed by atoms with van der Waals surface area (Å²) in [7, 11) is -5.63. The van der Waals surface area contributed by atoms with E-state index in [-0.39, 0.29) is 11.4 Å². The monoisotopic (exact) mass is 487 g/mol. The first-order valence-electron chi connectivity index (χ1n) is 9.93. The summed E-state index contributed by atoms with van der Waals surface area (Å²) in [5.74, 6) is -3.53. The van der Waals surface area contributed by atoms with E-state index in [0.29, 0.717) is 10.5 Å². The summed E-state index contributed by atoms with van der Waals surface area (Å²) in [4.78, 5) is 0. The summed E-state index contributed by atoms with van der Waals surface area (Å²) in [6.45, 7) is 9.35. The highest BCUT2D eigenvalue weighted by molar-refractivity contribution is 7.93. The SMILES string of the molecule is C[C@H](Oc1cc(B2OC(C)(C)C(C)(C)O2)ccc1NS(=O)(=O)C(F)F)c1ccc(Cl)cc1. The number of ether oxygens (including phenoxy) is 1. The van der Waals surface area contributed by atoms with E-state index in [0.717, 1.165) is 5.56 Å². The quantitative estimate of drug-likeness (QED) is 0.571. The topological polar surface area (TPSA) is 73.9 Å². The highest BCUT2D eigenvalue weighted by Gasteiger charge is 2.51. The standard InChI is InChI=1S/C21H25BClF2NO5S/c1-13(14-6-9-16(23)10-7-14)29-18-12-15(22-30-20(2,3)21(4,5)31-22)8-11-17(18)26-32(27,28)19(24)25/h6-13,19,26H,1-5H3/t13-/m0/s1. The third-order valence-corrected chi connectivity index (χ3v) is 6.89. The minimum absolute atomic E-state index is 0.0592. The number of sulfonamides is 1. The van der Waals surface area contributed by atoms with Gasteiger partial charge in [-0.2, -0.15) is 8.78 Å². The lowest BCUT2D eigenvalue weighted by Gasteiger charge is -2.32. The number of nitrogens with one attached hydrogen (secondary N) is 1. The smallest absolute Gasteiger partial charge is 0.484 e. The van der Waals surface area contributed by atoms with Crippen LogP contribution in [0, 0.1) is 0 Å². The number of hydrogen-bond acceptors (Lipinski definition) is 5. The van der Waals surface area contributed by atoms with Crippen LogP contribution in [0.3, 0.4) is 0 Å². The van der Waals surface area contributed by atoms with Crippen LogP contribution < -0.4 is 14.9 Å². The molecule has 11 heteroatoms. The van der Waals surface area contributed by atoms with Gasteiger partial charge in [0.2, 0.25) is 0 Å². The molecule has 0 bridgehead atoms. The fraction of sp³-hybridized carbons (Fsp3) is 0.429. The molecule has 0 unspecified atom stereocenters. The molecule has 0 spiro atoms. The molecule has 1 aliphatic rings. The van der Waals surface area contributed by atoms with Crippen LogP contribution in [-0.2, 0) is 19.3 Å². The van der Waals surface area contributed by atoms with E-state index in [1.807, 2.05) is 32.4 Å². The predicted octanol–water partition coefficient (Wildman–Crippen LogP) is 4.74. The van der Waals surface area contributed by atoms with Crippen molar-refractivity contribution in [1.29, 1.82) is 0 Å². The third-order valence-electron chi connectivity index (χ3n) is 5.66. The molecule has 0 radical (unpaired) electrons. The fourth-order valence-corrected chi connectivity index (χ4v) is 3.73. The van der Waals surface area contributed by atoms with Crippen molar-refractivity contribution in [2.24, 2.45) is 0 Å². The van der Waals surface area contributed by atoms with Crippen molar-refractivity contribution in [1.82, 2.24) is 0 Å². The van der Waals surface area contributed by atoms with Crippen LogP contribution in [0.25, 0.3) is 0 Å². The Kier molecular flexibility index (Phi) is 6.82. The molecule has 174 valence electrons. The minimum atomic E-state index is -4.89. The number of rotatable bonds is 7. The normalized spacial score (nSPS) is 18.6. The van der Waals surface area contributed by atoms with Gasteiger partial charge in [0.15, 0.2) is 0 Å². The highest BCUT2D eigenvalue weighted by atomic mass is 35.5. The van der Waals surface area contributed by atoms with Crippen molar-refractivity contribution in [3.05, 3.63) is 53.1 Å². The summed E-state index contributed by atoms with van der Waals surface area (Å²) in [5.41, 5.74) is 0.0163. The summed E-state index contributed by atoms with van der Waals surface area (Å²) < 4.78 is 69.4. The molecule has 0 aromatic heterocycles. The minimum Gasteiger partial charge on any atom is -0.484 e. The van der Waals surface area contributed by atoms with E-state index in [2.05, 4.69) is 0 Å². The van der Waals surface area contributed by atoms with Gasteiger partial charge in [0.25, 0.3) is 10.0 Å². The van der Waals surface area contributed by atoms with Crippen LogP contribution in [0.1, 0.15) is 46.3 Å². The Morgan fingerprint density at radius 3 is 2.12 bits per heavy atom. The lowest BCUT2D eigenvalue weighted by Crippen LogP contribution is -2.41. The van der Waals surface area contributed by atoms with Gasteiger partial charge in [0.1, 0.15) is 11.9 Å². The second kappa shape index (κ2) is 8.81. The van der Waals surface area contributed by atoms with Gasteiger partial charge in [-0.15, -0.1) is 0 Å². The van der Waals surface area contributed by atoms with Crippen molar-refractivity contribution in [2.75, 3.05) is 4.72 Å². The van der Waals surface area contributed by atoms with Gasteiger partial charge in [0.05, 0.1) is 16.9 Å². The number of alkyl halides is 2. The summed E-state index contributed by atoms with van der Waals surface area (Å²) in [5, 5.41) is 0.550.